The number of nitrogens with zero attached hydrogens (tertiary/aromatic N) is 4. The Bertz CT molecular complexity index is 898. The highest BCUT2D eigenvalue weighted by molar-refractivity contribution is 6.05. The predicted molar refractivity (Wildman–Crippen MR) is 112 cm³/mol. The fraction of sp³-hybridized carbons (Fsp3) is 0.364. The number of urea groups is 1. The number of pyridine rings is 1. The van der Waals surface area contributed by atoms with E-state index < -0.39 is 12.1 Å². The first-order valence-corrected chi connectivity index (χ1v) is 10.2. The monoisotopic (exact) mass is 407 g/mol. The Morgan fingerprint density at radius 3 is 2.43 bits per heavy atom. The van der Waals surface area contributed by atoms with Gasteiger partial charge in [0, 0.05) is 38.9 Å². The molecule has 1 aromatic heterocycles. The lowest BCUT2D eigenvalue weighted by Crippen LogP contribution is -2.50. The zero-order valence-electron chi connectivity index (χ0n) is 16.7. The van der Waals surface area contributed by atoms with Crippen LogP contribution in [0.15, 0.2) is 54.7 Å². The van der Waals surface area contributed by atoms with Crippen molar-refractivity contribution in [3.05, 3.63) is 60.3 Å². The molecule has 1 atom stereocenters. The van der Waals surface area contributed by atoms with Crippen LogP contribution in [0.3, 0.4) is 0 Å². The first kappa shape index (κ1) is 19.9. The lowest BCUT2D eigenvalue weighted by atomic mass is 10.1. The van der Waals surface area contributed by atoms with E-state index in [1.165, 1.54) is 4.90 Å². The summed E-state index contributed by atoms with van der Waals surface area (Å²) in [4.78, 5) is 47.0. The molecule has 0 spiro atoms. The summed E-state index contributed by atoms with van der Waals surface area (Å²) < 4.78 is 0. The van der Waals surface area contributed by atoms with E-state index in [9.17, 15) is 14.4 Å². The highest BCUT2D eigenvalue weighted by Crippen LogP contribution is 2.16. The van der Waals surface area contributed by atoms with Crippen molar-refractivity contribution in [2.45, 2.75) is 18.9 Å². The molecule has 0 aliphatic carbocycles. The number of benzene rings is 1. The smallest absolute Gasteiger partial charge is 0.324 e. The summed E-state index contributed by atoms with van der Waals surface area (Å²) >= 11 is 0. The van der Waals surface area contributed by atoms with Gasteiger partial charge in [-0.15, -0.1) is 0 Å². The maximum Gasteiger partial charge on any atom is 0.324 e. The Labute approximate surface area is 175 Å². The van der Waals surface area contributed by atoms with Gasteiger partial charge in [-0.2, -0.15) is 0 Å². The second-order valence-electron chi connectivity index (χ2n) is 7.49. The van der Waals surface area contributed by atoms with Crippen molar-refractivity contribution in [2.24, 2.45) is 0 Å². The molecule has 4 amide bonds. The van der Waals surface area contributed by atoms with Crippen LogP contribution in [0.5, 0.6) is 0 Å². The SMILES string of the molecule is O=C(C[C@@H]1NC(=O)N(CCc2ccccc2)C1=O)N1CCN(c2ccccn2)CC1. The molecule has 8 heteroatoms. The number of anilines is 1. The molecule has 0 saturated carbocycles. The zero-order chi connectivity index (χ0) is 20.9. The van der Waals surface area contributed by atoms with Gasteiger partial charge in [0.25, 0.3) is 5.91 Å². The summed E-state index contributed by atoms with van der Waals surface area (Å²) in [6.45, 7) is 2.83. The van der Waals surface area contributed by atoms with Crippen molar-refractivity contribution in [1.82, 2.24) is 20.1 Å². The van der Waals surface area contributed by atoms with Gasteiger partial charge >= 0.3 is 6.03 Å². The highest BCUT2D eigenvalue weighted by atomic mass is 16.2. The summed E-state index contributed by atoms with van der Waals surface area (Å²) in [5.41, 5.74) is 1.06. The van der Waals surface area contributed by atoms with Crippen LogP contribution < -0.4 is 10.2 Å². The number of carbonyl (C=O) groups is 3. The molecule has 2 saturated heterocycles. The minimum atomic E-state index is -0.783. The molecule has 3 heterocycles. The van der Waals surface area contributed by atoms with E-state index in [2.05, 4.69) is 15.2 Å². The Hall–Kier alpha value is -3.42. The Kier molecular flexibility index (Phi) is 5.92. The predicted octanol–water partition coefficient (Wildman–Crippen LogP) is 1.28. The van der Waals surface area contributed by atoms with E-state index in [1.54, 1.807) is 11.1 Å². The quantitative estimate of drug-likeness (QED) is 0.730. The molecule has 4 rings (SSSR count). The van der Waals surface area contributed by atoms with Crippen LogP contribution in [0.4, 0.5) is 10.6 Å². The number of amides is 4. The van der Waals surface area contributed by atoms with E-state index in [0.29, 0.717) is 39.1 Å². The van der Waals surface area contributed by atoms with Crippen LogP contribution in [-0.4, -0.2) is 71.4 Å². The van der Waals surface area contributed by atoms with Gasteiger partial charge in [-0.3, -0.25) is 14.5 Å². The van der Waals surface area contributed by atoms with Crippen LogP contribution in [0, 0.1) is 0 Å². The molecule has 2 fully saturated rings. The average Bonchev–Trinajstić information content (AvgIpc) is 3.06. The maximum atomic E-state index is 12.7. The van der Waals surface area contributed by atoms with Crippen LogP contribution in [0.2, 0.25) is 0 Å². The number of rotatable bonds is 6. The molecule has 156 valence electrons. The van der Waals surface area contributed by atoms with Crippen molar-refractivity contribution in [2.75, 3.05) is 37.6 Å². The van der Waals surface area contributed by atoms with E-state index >= 15 is 0 Å². The second-order valence-corrected chi connectivity index (χ2v) is 7.49. The fourth-order valence-corrected chi connectivity index (χ4v) is 3.84. The maximum absolute atomic E-state index is 12.7. The summed E-state index contributed by atoms with van der Waals surface area (Å²) in [5, 5.41) is 2.66. The number of hydrogen-bond acceptors (Lipinski definition) is 5. The standard InChI is InChI=1S/C22H25N5O3/c28-20(26-14-12-25(13-15-26)19-8-4-5-10-23-19)16-18-21(29)27(22(30)24-18)11-9-17-6-2-1-3-7-17/h1-8,10,18H,9,11-16H2,(H,24,30)/t18-/m0/s1. The van der Waals surface area contributed by atoms with Gasteiger partial charge in [0.1, 0.15) is 11.9 Å². The first-order valence-electron chi connectivity index (χ1n) is 10.2. The van der Waals surface area contributed by atoms with Gasteiger partial charge in [-0.1, -0.05) is 36.4 Å². The summed E-state index contributed by atoms with van der Waals surface area (Å²) in [6.07, 6.45) is 2.34. The van der Waals surface area contributed by atoms with Crippen molar-refractivity contribution < 1.29 is 14.4 Å². The van der Waals surface area contributed by atoms with Crippen LogP contribution in [0.1, 0.15) is 12.0 Å². The number of hydrogen-bond donors (Lipinski definition) is 1. The molecule has 2 aliphatic rings. The highest BCUT2D eigenvalue weighted by Gasteiger charge is 2.39. The summed E-state index contributed by atoms with van der Waals surface area (Å²) in [6, 6.07) is 14.3. The first-order chi connectivity index (χ1) is 14.6. The van der Waals surface area contributed by atoms with Gasteiger partial charge in [-0.25, -0.2) is 9.78 Å². The van der Waals surface area contributed by atoms with Crippen LogP contribution >= 0.6 is 0 Å². The minimum Gasteiger partial charge on any atom is -0.353 e. The van der Waals surface area contributed by atoms with Crippen LogP contribution in [0.25, 0.3) is 0 Å². The van der Waals surface area contributed by atoms with Gasteiger partial charge < -0.3 is 15.1 Å². The van der Waals surface area contributed by atoms with E-state index in [-0.39, 0.29) is 18.2 Å². The third kappa shape index (κ3) is 4.42. The molecule has 0 bridgehead atoms. The molecule has 2 aromatic rings. The summed E-state index contributed by atoms with van der Waals surface area (Å²) in [5.74, 6) is 0.465. The van der Waals surface area contributed by atoms with Crippen molar-refractivity contribution in [1.29, 1.82) is 0 Å². The molecule has 1 N–H and O–H groups in total. The van der Waals surface area contributed by atoms with Gasteiger partial charge in [0.2, 0.25) is 5.91 Å². The number of carbonyl (C=O) groups excluding carboxylic acids is 3. The number of imide groups is 1. The molecule has 0 radical (unpaired) electrons. The van der Waals surface area contributed by atoms with Gasteiger partial charge in [-0.05, 0) is 24.1 Å². The van der Waals surface area contributed by atoms with Gasteiger partial charge in [0.05, 0.1) is 6.42 Å². The fourth-order valence-electron chi connectivity index (χ4n) is 3.84. The normalized spacial score (nSPS) is 19.2. The third-order valence-corrected chi connectivity index (χ3v) is 5.56. The van der Waals surface area contributed by atoms with Crippen molar-refractivity contribution in [3.8, 4) is 0 Å². The van der Waals surface area contributed by atoms with E-state index in [1.807, 2.05) is 48.5 Å². The number of nitrogens with one attached hydrogen (secondary N) is 1. The Morgan fingerprint density at radius 1 is 1.00 bits per heavy atom. The largest absolute Gasteiger partial charge is 0.353 e. The average molecular weight is 407 g/mol. The molecule has 8 nitrogen and oxygen atoms in total. The zero-order valence-corrected chi connectivity index (χ0v) is 16.7. The lowest BCUT2D eigenvalue weighted by molar-refractivity contribution is -0.136. The second kappa shape index (κ2) is 8.94. The van der Waals surface area contributed by atoms with E-state index in [0.717, 1.165) is 11.4 Å². The number of aromatic nitrogens is 1. The van der Waals surface area contributed by atoms with Gasteiger partial charge in [0.15, 0.2) is 0 Å². The molecular weight excluding hydrogens is 382 g/mol. The van der Waals surface area contributed by atoms with Crippen LogP contribution in [-0.2, 0) is 16.0 Å². The summed E-state index contributed by atoms with van der Waals surface area (Å²) in [7, 11) is 0. The Balaban J connectivity index is 1.27. The third-order valence-electron chi connectivity index (χ3n) is 5.56. The lowest BCUT2D eigenvalue weighted by Gasteiger charge is -2.35. The molecule has 2 aliphatic heterocycles. The minimum absolute atomic E-state index is 0.00397. The van der Waals surface area contributed by atoms with E-state index in [4.69, 9.17) is 0 Å². The Morgan fingerprint density at radius 2 is 1.73 bits per heavy atom. The van der Waals surface area contributed by atoms with Crippen molar-refractivity contribution >= 4 is 23.7 Å². The molecule has 0 unspecified atom stereocenters. The van der Waals surface area contributed by atoms with Crippen molar-refractivity contribution in [3.63, 3.8) is 0 Å². The number of piperazine rings is 1. The topological polar surface area (TPSA) is 85.8 Å². The molecule has 1 aromatic carbocycles. The molecular formula is C22H25N5O3. The molecule has 30 heavy (non-hydrogen) atoms.